The summed E-state index contributed by atoms with van der Waals surface area (Å²) in [6.07, 6.45) is 3.88. The van der Waals surface area contributed by atoms with Crippen molar-refractivity contribution in [1.82, 2.24) is 0 Å². The lowest BCUT2D eigenvalue weighted by Crippen LogP contribution is -2.46. The molecule has 2 bridgehead atoms. The summed E-state index contributed by atoms with van der Waals surface area (Å²) in [5.74, 6) is 2.82. The minimum Gasteiger partial charge on any atom is -0.355 e. The van der Waals surface area contributed by atoms with E-state index in [1.54, 1.807) is 14.2 Å². The zero-order valence-electron chi connectivity index (χ0n) is 9.83. The van der Waals surface area contributed by atoms with Crippen LogP contribution in [0.25, 0.3) is 0 Å². The predicted molar refractivity (Wildman–Crippen MR) is 61.0 cm³/mol. The Morgan fingerprint density at radius 3 is 2.53 bits per heavy atom. The van der Waals surface area contributed by atoms with Gasteiger partial charge in [0.05, 0.1) is 0 Å². The first kappa shape index (κ1) is 11.7. The van der Waals surface area contributed by atoms with Crippen LogP contribution in [-0.4, -0.2) is 26.4 Å². The highest BCUT2D eigenvalue weighted by molar-refractivity contribution is 6.18. The molecule has 15 heavy (non-hydrogen) atoms. The zero-order valence-corrected chi connectivity index (χ0v) is 10.6. The van der Waals surface area contributed by atoms with Crippen molar-refractivity contribution in [3.05, 3.63) is 0 Å². The van der Waals surface area contributed by atoms with Crippen LogP contribution in [0.3, 0.4) is 0 Å². The Morgan fingerprint density at radius 2 is 2.00 bits per heavy atom. The molecule has 0 N–H and O–H groups in total. The molecule has 0 heterocycles. The van der Waals surface area contributed by atoms with Crippen LogP contribution in [0.4, 0.5) is 0 Å². The Kier molecular flexibility index (Phi) is 3.30. The van der Waals surface area contributed by atoms with Crippen LogP contribution < -0.4 is 0 Å². The van der Waals surface area contributed by atoms with Gasteiger partial charge in [-0.25, -0.2) is 0 Å². The highest BCUT2D eigenvalue weighted by Crippen LogP contribution is 2.61. The van der Waals surface area contributed by atoms with Crippen molar-refractivity contribution in [2.75, 3.05) is 20.1 Å². The molecule has 0 aromatic rings. The van der Waals surface area contributed by atoms with E-state index in [-0.39, 0.29) is 11.7 Å². The fourth-order valence-electron chi connectivity index (χ4n) is 4.02. The van der Waals surface area contributed by atoms with Gasteiger partial charge in [0, 0.05) is 25.5 Å². The van der Waals surface area contributed by atoms with Crippen molar-refractivity contribution < 1.29 is 9.47 Å². The quantitative estimate of drug-likeness (QED) is 0.548. The molecule has 0 spiro atoms. The molecule has 0 unspecified atom stereocenters. The average molecular weight is 233 g/mol. The van der Waals surface area contributed by atoms with Crippen LogP contribution in [0.5, 0.6) is 0 Å². The molecule has 2 saturated carbocycles. The summed E-state index contributed by atoms with van der Waals surface area (Å²) in [5.41, 5.74) is 0.119. The maximum atomic E-state index is 6.13. The normalized spacial score (nSPS) is 44.2. The summed E-state index contributed by atoms with van der Waals surface area (Å²) < 4.78 is 11.0. The monoisotopic (exact) mass is 232 g/mol. The van der Waals surface area contributed by atoms with E-state index >= 15 is 0 Å². The smallest absolute Gasteiger partial charge is 0.162 e. The number of rotatable bonds is 4. The molecule has 3 heteroatoms. The van der Waals surface area contributed by atoms with Gasteiger partial charge in [0.25, 0.3) is 0 Å². The summed E-state index contributed by atoms with van der Waals surface area (Å²) in [5, 5.41) is 0. The first-order valence-electron chi connectivity index (χ1n) is 5.80. The van der Waals surface area contributed by atoms with Crippen LogP contribution >= 0.6 is 11.6 Å². The summed E-state index contributed by atoms with van der Waals surface area (Å²) in [4.78, 5) is 0. The third-order valence-electron chi connectivity index (χ3n) is 4.82. The van der Waals surface area contributed by atoms with Crippen LogP contribution in [0.1, 0.15) is 26.2 Å². The van der Waals surface area contributed by atoms with Gasteiger partial charge in [-0.3, -0.25) is 0 Å². The largest absolute Gasteiger partial charge is 0.355 e. The Hall–Kier alpha value is 0.210. The van der Waals surface area contributed by atoms with Crippen LogP contribution in [0.15, 0.2) is 0 Å². The molecule has 0 radical (unpaired) electrons. The first-order valence-corrected chi connectivity index (χ1v) is 6.33. The lowest BCUT2D eigenvalue weighted by molar-refractivity contribution is -0.202. The summed E-state index contributed by atoms with van der Waals surface area (Å²) in [7, 11) is 3.47. The Labute approximate surface area is 97.3 Å². The molecular formula is C12H21ClO2. The fourth-order valence-corrected chi connectivity index (χ4v) is 4.61. The van der Waals surface area contributed by atoms with Gasteiger partial charge in [-0.15, -0.1) is 11.6 Å². The van der Waals surface area contributed by atoms with Crippen LogP contribution in [0.2, 0.25) is 0 Å². The van der Waals surface area contributed by atoms with Crippen LogP contribution in [-0.2, 0) is 9.47 Å². The number of halogens is 1. The van der Waals surface area contributed by atoms with Crippen molar-refractivity contribution >= 4 is 11.6 Å². The van der Waals surface area contributed by atoms with Crippen LogP contribution in [0, 0.1) is 23.2 Å². The Balaban J connectivity index is 2.24. The van der Waals surface area contributed by atoms with E-state index in [0.29, 0.717) is 5.92 Å². The van der Waals surface area contributed by atoms with Gasteiger partial charge in [0.2, 0.25) is 0 Å². The third-order valence-corrected chi connectivity index (χ3v) is 5.16. The SMILES string of the molecule is COC(OC)[C@]1(C)[C@H]2CC[C@H](C2)[C@H]1CCl. The maximum absolute atomic E-state index is 6.13. The van der Waals surface area contributed by atoms with Crippen molar-refractivity contribution in [3.63, 3.8) is 0 Å². The molecule has 0 aliphatic heterocycles. The number of hydrogen-bond donors (Lipinski definition) is 0. The number of hydrogen-bond acceptors (Lipinski definition) is 2. The zero-order chi connectivity index (χ0) is 11.1. The molecule has 88 valence electrons. The topological polar surface area (TPSA) is 18.5 Å². The second-order valence-electron chi connectivity index (χ2n) is 5.20. The van der Waals surface area contributed by atoms with Gasteiger partial charge in [-0.1, -0.05) is 6.92 Å². The van der Waals surface area contributed by atoms with E-state index in [9.17, 15) is 0 Å². The molecule has 4 atom stereocenters. The molecule has 2 fully saturated rings. The van der Waals surface area contributed by atoms with Crippen molar-refractivity contribution in [1.29, 1.82) is 0 Å². The Bertz CT molecular complexity index is 230. The van der Waals surface area contributed by atoms with Gasteiger partial charge in [-0.05, 0) is 37.0 Å². The number of methoxy groups -OCH3 is 2. The van der Waals surface area contributed by atoms with Crippen molar-refractivity contribution in [2.24, 2.45) is 23.2 Å². The van der Waals surface area contributed by atoms with Gasteiger partial charge in [0.1, 0.15) is 0 Å². The number of ether oxygens (including phenoxy) is 2. The van der Waals surface area contributed by atoms with Crippen molar-refractivity contribution in [2.45, 2.75) is 32.5 Å². The second kappa shape index (κ2) is 4.23. The lowest BCUT2D eigenvalue weighted by Gasteiger charge is -2.44. The van der Waals surface area contributed by atoms with Gasteiger partial charge in [-0.2, -0.15) is 0 Å². The van der Waals surface area contributed by atoms with E-state index in [2.05, 4.69) is 6.92 Å². The number of fused-ring (bicyclic) bond motifs is 2. The number of alkyl halides is 1. The standard InChI is InChI=1S/C12H21ClO2/c1-12(11(14-2)15-3)9-5-4-8(6-9)10(12)7-13/h8-11H,4-7H2,1-3H3/t8-,9+,10-,12-/m1/s1. The highest BCUT2D eigenvalue weighted by atomic mass is 35.5. The Morgan fingerprint density at radius 1 is 1.33 bits per heavy atom. The second-order valence-corrected chi connectivity index (χ2v) is 5.51. The molecule has 0 aromatic carbocycles. The molecule has 0 amide bonds. The highest BCUT2D eigenvalue weighted by Gasteiger charge is 2.58. The van der Waals surface area contributed by atoms with E-state index in [1.807, 2.05) is 0 Å². The van der Waals surface area contributed by atoms with Gasteiger partial charge in [0.15, 0.2) is 6.29 Å². The lowest BCUT2D eigenvalue weighted by atomic mass is 9.67. The minimum atomic E-state index is -0.100. The molecule has 2 rings (SSSR count). The van der Waals surface area contributed by atoms with Gasteiger partial charge >= 0.3 is 0 Å². The predicted octanol–water partition coefficient (Wildman–Crippen LogP) is 2.90. The molecule has 0 saturated heterocycles. The molecule has 2 aliphatic rings. The van der Waals surface area contributed by atoms with E-state index in [1.165, 1.54) is 19.3 Å². The average Bonchev–Trinajstić information content (AvgIpc) is 2.78. The van der Waals surface area contributed by atoms with Gasteiger partial charge < -0.3 is 9.47 Å². The van der Waals surface area contributed by atoms with Crippen molar-refractivity contribution in [3.8, 4) is 0 Å². The van der Waals surface area contributed by atoms with E-state index in [4.69, 9.17) is 21.1 Å². The maximum Gasteiger partial charge on any atom is 0.162 e. The summed E-state index contributed by atoms with van der Waals surface area (Å²) >= 11 is 6.13. The summed E-state index contributed by atoms with van der Waals surface area (Å²) in [6, 6.07) is 0. The van der Waals surface area contributed by atoms with E-state index < -0.39 is 0 Å². The summed E-state index contributed by atoms with van der Waals surface area (Å²) in [6.45, 7) is 2.29. The van der Waals surface area contributed by atoms with E-state index in [0.717, 1.165) is 17.7 Å². The first-order chi connectivity index (χ1) is 7.18. The molecular weight excluding hydrogens is 212 g/mol. The fraction of sp³-hybridized carbons (Fsp3) is 1.00. The molecule has 0 aromatic heterocycles. The third kappa shape index (κ3) is 1.53. The molecule has 2 nitrogen and oxygen atoms in total. The minimum absolute atomic E-state index is 0.100. The molecule has 2 aliphatic carbocycles.